The van der Waals surface area contributed by atoms with Gasteiger partial charge in [0.25, 0.3) is 0 Å². The highest BCUT2D eigenvalue weighted by Crippen LogP contribution is 2.06. The summed E-state index contributed by atoms with van der Waals surface area (Å²) in [6.45, 7) is 9.82. The molecule has 0 spiro atoms. The lowest BCUT2D eigenvalue weighted by Gasteiger charge is -2.22. The van der Waals surface area contributed by atoms with Crippen LogP contribution in [0.15, 0.2) is 12.7 Å². The van der Waals surface area contributed by atoms with Crippen LogP contribution in [0, 0.1) is 0 Å². The first-order valence-corrected chi connectivity index (χ1v) is 7.38. The third-order valence-corrected chi connectivity index (χ3v) is 3.30. The zero-order chi connectivity index (χ0) is 12.2. The molecule has 0 aromatic rings. The van der Waals surface area contributed by atoms with Crippen LogP contribution in [0.25, 0.3) is 0 Å². The zero-order valence-corrected chi connectivity index (χ0v) is 11.5. The van der Waals surface area contributed by atoms with Gasteiger partial charge in [0.15, 0.2) is 0 Å². The standard InChI is InChI=1S/C13H25NOS/c1-4-7-9-14(10-8-5-2)13(15)12-16-11-6-3/h6H,3-5,7-12H2,1-2H3. The molecule has 0 rings (SSSR count). The van der Waals surface area contributed by atoms with Gasteiger partial charge in [0.1, 0.15) is 0 Å². The van der Waals surface area contributed by atoms with Gasteiger partial charge in [-0.3, -0.25) is 4.79 Å². The molecule has 0 aromatic heterocycles. The Kier molecular flexibility index (Phi) is 10.8. The quantitative estimate of drug-likeness (QED) is 0.433. The molecular weight excluding hydrogens is 218 g/mol. The summed E-state index contributed by atoms with van der Waals surface area (Å²) in [6, 6.07) is 0. The van der Waals surface area contributed by atoms with E-state index < -0.39 is 0 Å². The molecule has 0 atom stereocenters. The van der Waals surface area contributed by atoms with Gasteiger partial charge < -0.3 is 4.90 Å². The van der Waals surface area contributed by atoms with Gasteiger partial charge in [-0.25, -0.2) is 0 Å². The van der Waals surface area contributed by atoms with Crippen LogP contribution >= 0.6 is 11.8 Å². The number of carbonyl (C=O) groups excluding carboxylic acids is 1. The molecule has 2 nitrogen and oxygen atoms in total. The SMILES string of the molecule is C=CCSCC(=O)N(CCCC)CCCC. The summed E-state index contributed by atoms with van der Waals surface area (Å²) in [7, 11) is 0. The average molecular weight is 243 g/mol. The maximum atomic E-state index is 11.9. The van der Waals surface area contributed by atoms with Crippen LogP contribution in [0.1, 0.15) is 39.5 Å². The van der Waals surface area contributed by atoms with Crippen molar-refractivity contribution in [2.75, 3.05) is 24.6 Å². The minimum Gasteiger partial charge on any atom is -0.342 e. The number of carbonyl (C=O) groups is 1. The molecule has 0 unspecified atom stereocenters. The van der Waals surface area contributed by atoms with Gasteiger partial charge in [0.05, 0.1) is 5.75 Å². The lowest BCUT2D eigenvalue weighted by atomic mass is 10.2. The largest absolute Gasteiger partial charge is 0.342 e. The predicted octanol–water partition coefficient (Wildman–Crippen LogP) is 3.33. The van der Waals surface area contributed by atoms with Gasteiger partial charge in [-0.05, 0) is 12.8 Å². The van der Waals surface area contributed by atoms with E-state index in [9.17, 15) is 4.79 Å². The van der Waals surface area contributed by atoms with Crippen molar-refractivity contribution in [2.45, 2.75) is 39.5 Å². The average Bonchev–Trinajstić information content (AvgIpc) is 2.29. The van der Waals surface area contributed by atoms with Gasteiger partial charge in [0, 0.05) is 18.8 Å². The van der Waals surface area contributed by atoms with E-state index in [2.05, 4.69) is 20.4 Å². The fraction of sp³-hybridized carbons (Fsp3) is 0.769. The summed E-state index contributed by atoms with van der Waals surface area (Å²) in [5.41, 5.74) is 0. The maximum Gasteiger partial charge on any atom is 0.232 e. The Morgan fingerprint density at radius 2 is 1.81 bits per heavy atom. The van der Waals surface area contributed by atoms with Crippen LogP contribution in [0.2, 0.25) is 0 Å². The Bertz CT molecular complexity index is 186. The van der Waals surface area contributed by atoms with Crippen LogP contribution in [0.3, 0.4) is 0 Å². The summed E-state index contributed by atoms with van der Waals surface area (Å²) in [5.74, 6) is 1.74. The van der Waals surface area contributed by atoms with Crippen molar-refractivity contribution < 1.29 is 4.79 Å². The van der Waals surface area contributed by atoms with Gasteiger partial charge in [-0.2, -0.15) is 0 Å². The molecule has 16 heavy (non-hydrogen) atoms. The molecule has 94 valence electrons. The van der Waals surface area contributed by atoms with E-state index in [-0.39, 0.29) is 5.91 Å². The van der Waals surface area contributed by atoms with Crippen molar-refractivity contribution in [1.29, 1.82) is 0 Å². The first kappa shape index (κ1) is 15.6. The molecule has 0 aliphatic carbocycles. The molecule has 0 aliphatic rings. The maximum absolute atomic E-state index is 11.9. The fourth-order valence-electron chi connectivity index (χ4n) is 1.38. The summed E-state index contributed by atoms with van der Waals surface area (Å²) < 4.78 is 0. The Hall–Kier alpha value is -0.440. The molecule has 1 amide bonds. The molecule has 0 heterocycles. The smallest absolute Gasteiger partial charge is 0.232 e. The molecule has 0 bridgehead atoms. The zero-order valence-electron chi connectivity index (χ0n) is 10.7. The summed E-state index contributed by atoms with van der Waals surface area (Å²) in [6.07, 6.45) is 6.37. The topological polar surface area (TPSA) is 20.3 Å². The molecule has 3 heteroatoms. The third-order valence-electron chi connectivity index (χ3n) is 2.38. The normalized spacial score (nSPS) is 10.1. The Morgan fingerprint density at radius 3 is 2.25 bits per heavy atom. The molecule has 0 saturated heterocycles. The van der Waals surface area contributed by atoms with E-state index in [1.807, 2.05) is 11.0 Å². The highest BCUT2D eigenvalue weighted by molar-refractivity contribution is 8.00. The Morgan fingerprint density at radius 1 is 1.25 bits per heavy atom. The number of unbranched alkanes of at least 4 members (excludes halogenated alkanes) is 2. The van der Waals surface area contributed by atoms with Crippen LogP contribution < -0.4 is 0 Å². The van der Waals surface area contributed by atoms with Gasteiger partial charge in [-0.1, -0.05) is 32.8 Å². The van der Waals surface area contributed by atoms with Crippen LogP contribution in [0.4, 0.5) is 0 Å². The van der Waals surface area contributed by atoms with Crippen LogP contribution in [-0.2, 0) is 4.79 Å². The Balaban J connectivity index is 3.93. The van der Waals surface area contributed by atoms with E-state index in [0.717, 1.165) is 44.5 Å². The minimum atomic E-state index is 0.286. The van der Waals surface area contributed by atoms with Crippen molar-refractivity contribution in [3.05, 3.63) is 12.7 Å². The predicted molar refractivity (Wildman–Crippen MR) is 73.9 cm³/mol. The molecule has 0 aliphatic heterocycles. The van der Waals surface area contributed by atoms with Gasteiger partial charge in [-0.15, -0.1) is 18.3 Å². The summed E-state index contributed by atoms with van der Waals surface area (Å²) in [4.78, 5) is 13.9. The number of thioether (sulfide) groups is 1. The van der Waals surface area contributed by atoms with Crippen molar-refractivity contribution in [1.82, 2.24) is 4.90 Å². The van der Waals surface area contributed by atoms with Gasteiger partial charge in [0.2, 0.25) is 5.91 Å². The number of hydrogen-bond donors (Lipinski definition) is 0. The van der Waals surface area contributed by atoms with E-state index in [0.29, 0.717) is 5.75 Å². The van der Waals surface area contributed by atoms with Crippen molar-refractivity contribution in [3.63, 3.8) is 0 Å². The first-order valence-electron chi connectivity index (χ1n) is 6.22. The monoisotopic (exact) mass is 243 g/mol. The van der Waals surface area contributed by atoms with Crippen LogP contribution in [-0.4, -0.2) is 35.4 Å². The third kappa shape index (κ3) is 7.80. The molecule has 0 N–H and O–H groups in total. The summed E-state index contributed by atoms with van der Waals surface area (Å²) in [5, 5.41) is 0. The second-order valence-electron chi connectivity index (χ2n) is 3.89. The molecule has 0 radical (unpaired) electrons. The fourth-order valence-corrected chi connectivity index (χ4v) is 2.02. The Labute approximate surface area is 104 Å². The minimum absolute atomic E-state index is 0.286. The highest BCUT2D eigenvalue weighted by Gasteiger charge is 2.11. The van der Waals surface area contributed by atoms with Gasteiger partial charge >= 0.3 is 0 Å². The van der Waals surface area contributed by atoms with Crippen molar-refractivity contribution in [3.8, 4) is 0 Å². The van der Waals surface area contributed by atoms with E-state index >= 15 is 0 Å². The second kappa shape index (κ2) is 11.1. The molecule has 0 aromatic carbocycles. The summed E-state index contributed by atoms with van der Waals surface area (Å²) >= 11 is 1.65. The van der Waals surface area contributed by atoms with Crippen LogP contribution in [0.5, 0.6) is 0 Å². The highest BCUT2D eigenvalue weighted by atomic mass is 32.2. The molecular formula is C13H25NOS. The number of amides is 1. The molecule has 0 saturated carbocycles. The van der Waals surface area contributed by atoms with Crippen molar-refractivity contribution >= 4 is 17.7 Å². The number of hydrogen-bond acceptors (Lipinski definition) is 2. The number of nitrogens with zero attached hydrogens (tertiary/aromatic N) is 1. The number of rotatable bonds is 10. The lowest BCUT2D eigenvalue weighted by Crippen LogP contribution is -2.34. The van der Waals surface area contributed by atoms with E-state index in [1.54, 1.807) is 11.8 Å². The van der Waals surface area contributed by atoms with Crippen molar-refractivity contribution in [2.24, 2.45) is 0 Å². The van der Waals surface area contributed by atoms with E-state index in [1.165, 1.54) is 0 Å². The first-order chi connectivity index (χ1) is 7.76. The van der Waals surface area contributed by atoms with E-state index in [4.69, 9.17) is 0 Å². The lowest BCUT2D eigenvalue weighted by molar-refractivity contribution is -0.128. The molecule has 0 fully saturated rings. The second-order valence-corrected chi connectivity index (χ2v) is 4.92.